The molecule has 3 rings (SSSR count). The van der Waals surface area contributed by atoms with Crippen molar-refractivity contribution in [2.75, 3.05) is 0 Å². The van der Waals surface area contributed by atoms with Gasteiger partial charge in [0.1, 0.15) is 0 Å². The number of halogens is 1. The van der Waals surface area contributed by atoms with Gasteiger partial charge in [0.25, 0.3) is 5.91 Å². The minimum Gasteiger partial charge on any atom is -0.347 e. The lowest BCUT2D eigenvalue weighted by Gasteiger charge is -2.20. The zero-order valence-electron chi connectivity index (χ0n) is 8.70. The van der Waals surface area contributed by atoms with Crippen molar-refractivity contribution in [3.8, 4) is 0 Å². The Labute approximate surface area is 103 Å². The SMILES string of the molecule is O=C(N[C@@H]1CC2CCC1N2)c1ccc(Cl)s1. The molecule has 1 aromatic rings. The maximum atomic E-state index is 11.9. The fraction of sp³-hybridized carbons (Fsp3) is 0.545. The van der Waals surface area contributed by atoms with Crippen molar-refractivity contribution in [3.63, 3.8) is 0 Å². The first kappa shape index (κ1) is 10.6. The number of hydrogen-bond donors (Lipinski definition) is 2. The van der Waals surface area contributed by atoms with Gasteiger partial charge in [-0.15, -0.1) is 11.3 Å². The van der Waals surface area contributed by atoms with Crippen LogP contribution in [0, 0.1) is 0 Å². The van der Waals surface area contributed by atoms with Crippen LogP contribution < -0.4 is 10.6 Å². The van der Waals surface area contributed by atoms with Crippen molar-refractivity contribution < 1.29 is 4.79 Å². The molecule has 2 N–H and O–H groups in total. The molecule has 86 valence electrons. The Kier molecular flexibility index (Phi) is 2.65. The Morgan fingerprint density at radius 3 is 2.94 bits per heavy atom. The monoisotopic (exact) mass is 256 g/mol. The van der Waals surface area contributed by atoms with E-state index in [1.54, 1.807) is 12.1 Å². The summed E-state index contributed by atoms with van der Waals surface area (Å²) in [6.07, 6.45) is 3.50. The summed E-state index contributed by atoms with van der Waals surface area (Å²) in [7, 11) is 0. The minimum atomic E-state index is 0.0104. The molecule has 2 unspecified atom stereocenters. The number of thiophene rings is 1. The molecule has 0 aliphatic carbocycles. The molecule has 2 saturated heterocycles. The van der Waals surface area contributed by atoms with Crippen molar-refractivity contribution >= 4 is 28.8 Å². The molecule has 1 aromatic heterocycles. The van der Waals surface area contributed by atoms with Crippen molar-refractivity contribution in [1.82, 2.24) is 10.6 Å². The molecule has 2 bridgehead atoms. The second kappa shape index (κ2) is 4.02. The first-order valence-electron chi connectivity index (χ1n) is 5.54. The molecule has 0 spiro atoms. The Bertz CT molecular complexity index is 420. The first-order chi connectivity index (χ1) is 7.72. The maximum Gasteiger partial charge on any atom is 0.261 e. The molecule has 3 nitrogen and oxygen atoms in total. The van der Waals surface area contributed by atoms with E-state index in [1.807, 2.05) is 0 Å². The molecule has 2 aliphatic rings. The van der Waals surface area contributed by atoms with Crippen LogP contribution in [0.1, 0.15) is 28.9 Å². The largest absolute Gasteiger partial charge is 0.347 e. The predicted octanol–water partition coefficient (Wildman–Crippen LogP) is 2.02. The van der Waals surface area contributed by atoms with E-state index in [0.717, 1.165) is 6.42 Å². The number of rotatable bonds is 2. The second-order valence-electron chi connectivity index (χ2n) is 4.47. The fourth-order valence-corrected chi connectivity index (χ4v) is 3.61. The highest BCUT2D eigenvalue weighted by atomic mass is 35.5. The molecular weight excluding hydrogens is 244 g/mol. The van der Waals surface area contributed by atoms with Crippen LogP contribution in [0.15, 0.2) is 12.1 Å². The molecule has 3 atom stereocenters. The first-order valence-corrected chi connectivity index (χ1v) is 6.74. The Balaban J connectivity index is 1.65. The number of fused-ring (bicyclic) bond motifs is 2. The molecule has 16 heavy (non-hydrogen) atoms. The van der Waals surface area contributed by atoms with E-state index in [1.165, 1.54) is 24.2 Å². The summed E-state index contributed by atoms with van der Waals surface area (Å²) >= 11 is 7.14. The highest BCUT2D eigenvalue weighted by Gasteiger charge is 2.39. The highest BCUT2D eigenvalue weighted by Crippen LogP contribution is 2.29. The number of hydrogen-bond acceptors (Lipinski definition) is 3. The summed E-state index contributed by atoms with van der Waals surface area (Å²) in [5.41, 5.74) is 0. The lowest BCUT2D eigenvalue weighted by molar-refractivity contribution is 0.0935. The van der Waals surface area contributed by atoms with Gasteiger partial charge in [-0.1, -0.05) is 11.6 Å². The van der Waals surface area contributed by atoms with Crippen molar-refractivity contribution in [1.29, 1.82) is 0 Å². The van der Waals surface area contributed by atoms with Gasteiger partial charge in [-0.25, -0.2) is 0 Å². The van der Waals surface area contributed by atoms with Crippen molar-refractivity contribution in [3.05, 3.63) is 21.3 Å². The van der Waals surface area contributed by atoms with Gasteiger partial charge in [0.15, 0.2) is 0 Å². The summed E-state index contributed by atoms with van der Waals surface area (Å²) in [5, 5.41) is 6.59. The van der Waals surface area contributed by atoms with Gasteiger partial charge in [0.05, 0.1) is 9.21 Å². The van der Waals surface area contributed by atoms with E-state index < -0.39 is 0 Å². The molecular formula is C11H13ClN2OS. The van der Waals surface area contributed by atoms with E-state index in [4.69, 9.17) is 11.6 Å². The molecule has 1 amide bonds. The number of carbonyl (C=O) groups is 1. The van der Waals surface area contributed by atoms with Gasteiger partial charge in [-0.05, 0) is 31.4 Å². The normalized spacial score (nSPS) is 31.9. The van der Waals surface area contributed by atoms with Crippen LogP contribution in [0.4, 0.5) is 0 Å². The average molecular weight is 257 g/mol. The lowest BCUT2D eigenvalue weighted by Crippen LogP contribution is -2.42. The van der Waals surface area contributed by atoms with Gasteiger partial charge >= 0.3 is 0 Å². The molecule has 2 aliphatic heterocycles. The summed E-state index contributed by atoms with van der Waals surface area (Å²) in [6.45, 7) is 0. The third-order valence-corrected chi connectivity index (χ3v) is 4.64. The van der Waals surface area contributed by atoms with Crippen LogP contribution in [-0.2, 0) is 0 Å². The van der Waals surface area contributed by atoms with Crippen LogP contribution in [0.5, 0.6) is 0 Å². The van der Waals surface area contributed by atoms with E-state index in [9.17, 15) is 4.79 Å². The summed E-state index contributed by atoms with van der Waals surface area (Å²) in [5.74, 6) is 0.0104. The standard InChI is InChI=1S/C11H13ClN2OS/c12-10-4-3-9(16-10)11(15)14-8-5-6-1-2-7(8)13-6/h3-4,6-8,13H,1-2,5H2,(H,14,15)/t6?,7?,8-/m1/s1. The number of nitrogens with one attached hydrogen (secondary N) is 2. The molecule has 0 aromatic carbocycles. The van der Waals surface area contributed by atoms with Gasteiger partial charge in [-0.2, -0.15) is 0 Å². The molecule has 0 radical (unpaired) electrons. The van der Waals surface area contributed by atoms with Crippen LogP contribution in [-0.4, -0.2) is 24.0 Å². The smallest absolute Gasteiger partial charge is 0.261 e. The summed E-state index contributed by atoms with van der Waals surface area (Å²) < 4.78 is 0.663. The topological polar surface area (TPSA) is 41.1 Å². The predicted molar refractivity (Wildman–Crippen MR) is 65.1 cm³/mol. The van der Waals surface area contributed by atoms with Gasteiger partial charge in [-0.3, -0.25) is 4.79 Å². The molecule has 3 heterocycles. The Morgan fingerprint density at radius 1 is 1.50 bits per heavy atom. The van der Waals surface area contributed by atoms with Crippen LogP contribution in [0.25, 0.3) is 0 Å². The van der Waals surface area contributed by atoms with E-state index in [0.29, 0.717) is 27.3 Å². The Morgan fingerprint density at radius 2 is 2.38 bits per heavy atom. The maximum absolute atomic E-state index is 11.9. The Hall–Kier alpha value is -0.580. The van der Waals surface area contributed by atoms with E-state index >= 15 is 0 Å². The molecule has 2 fully saturated rings. The number of carbonyl (C=O) groups excluding carboxylic acids is 1. The van der Waals surface area contributed by atoms with Gasteiger partial charge in [0, 0.05) is 18.1 Å². The van der Waals surface area contributed by atoms with Crippen molar-refractivity contribution in [2.24, 2.45) is 0 Å². The van der Waals surface area contributed by atoms with Crippen LogP contribution >= 0.6 is 22.9 Å². The fourth-order valence-electron chi connectivity index (χ4n) is 2.66. The highest BCUT2D eigenvalue weighted by molar-refractivity contribution is 7.17. The quantitative estimate of drug-likeness (QED) is 0.850. The second-order valence-corrected chi connectivity index (χ2v) is 6.18. The zero-order valence-corrected chi connectivity index (χ0v) is 10.3. The zero-order chi connectivity index (χ0) is 11.1. The average Bonchev–Trinajstić information content (AvgIpc) is 2.92. The van der Waals surface area contributed by atoms with Crippen molar-refractivity contribution in [2.45, 2.75) is 37.4 Å². The van der Waals surface area contributed by atoms with E-state index in [2.05, 4.69) is 10.6 Å². The molecule has 5 heteroatoms. The molecule has 0 saturated carbocycles. The summed E-state index contributed by atoms with van der Waals surface area (Å²) in [4.78, 5) is 12.6. The lowest BCUT2D eigenvalue weighted by atomic mass is 9.95. The van der Waals surface area contributed by atoms with Crippen LogP contribution in [0.3, 0.4) is 0 Å². The van der Waals surface area contributed by atoms with Crippen LogP contribution in [0.2, 0.25) is 4.34 Å². The number of amides is 1. The third kappa shape index (κ3) is 1.85. The van der Waals surface area contributed by atoms with E-state index in [-0.39, 0.29) is 5.91 Å². The van der Waals surface area contributed by atoms with Gasteiger partial charge < -0.3 is 10.6 Å². The third-order valence-electron chi connectivity index (χ3n) is 3.41. The summed E-state index contributed by atoms with van der Waals surface area (Å²) in [6, 6.07) is 4.93. The van der Waals surface area contributed by atoms with Gasteiger partial charge in [0.2, 0.25) is 0 Å². The minimum absolute atomic E-state index is 0.0104.